The number of halogens is 1. The topological polar surface area (TPSA) is 60.2 Å². The fourth-order valence-electron chi connectivity index (χ4n) is 1.15. The SMILES string of the molecule is [B]C(=O)C1=C(N)CC(C(=O)Cl)=CC1. The lowest BCUT2D eigenvalue weighted by Gasteiger charge is -2.14. The molecule has 1 rings (SSSR count). The maximum absolute atomic E-state index is 10.8. The average Bonchev–Trinajstić information content (AvgIpc) is 2.03. The Morgan fingerprint density at radius 3 is 2.54 bits per heavy atom. The predicted octanol–water partition coefficient (Wildman–Crippen LogP) is 0.380. The van der Waals surface area contributed by atoms with Gasteiger partial charge in [0.15, 0.2) is 7.85 Å². The van der Waals surface area contributed by atoms with Gasteiger partial charge in [0.2, 0.25) is 5.24 Å². The fraction of sp³-hybridized carbons (Fsp3) is 0.250. The molecular weight excluding hydrogens is 188 g/mol. The van der Waals surface area contributed by atoms with E-state index in [2.05, 4.69) is 0 Å². The van der Waals surface area contributed by atoms with Gasteiger partial charge in [0.05, 0.1) is 0 Å². The van der Waals surface area contributed by atoms with Gasteiger partial charge in [-0.05, 0) is 18.0 Å². The molecule has 0 amide bonds. The van der Waals surface area contributed by atoms with Crippen molar-refractivity contribution in [3.8, 4) is 0 Å². The van der Waals surface area contributed by atoms with Crippen LogP contribution in [0.1, 0.15) is 12.8 Å². The highest BCUT2D eigenvalue weighted by Crippen LogP contribution is 2.22. The third-order valence-electron chi connectivity index (χ3n) is 1.87. The molecule has 0 bridgehead atoms. The Morgan fingerprint density at radius 2 is 2.15 bits per heavy atom. The third-order valence-corrected chi connectivity index (χ3v) is 2.11. The van der Waals surface area contributed by atoms with Crippen LogP contribution in [0.15, 0.2) is 22.9 Å². The van der Waals surface area contributed by atoms with Crippen molar-refractivity contribution in [2.45, 2.75) is 12.8 Å². The number of carbonyl (C=O) groups is 2. The second kappa shape index (κ2) is 3.79. The summed E-state index contributed by atoms with van der Waals surface area (Å²) in [5.41, 5.74) is 6.10. The zero-order valence-electron chi connectivity index (χ0n) is 6.84. The van der Waals surface area contributed by atoms with Gasteiger partial charge in [-0.2, -0.15) is 0 Å². The largest absolute Gasteiger partial charge is 0.401 e. The summed E-state index contributed by atoms with van der Waals surface area (Å²) in [6.07, 6.45) is 2.07. The van der Waals surface area contributed by atoms with Crippen LogP contribution in [-0.2, 0) is 9.59 Å². The van der Waals surface area contributed by atoms with E-state index in [4.69, 9.17) is 25.2 Å². The first-order valence-electron chi connectivity index (χ1n) is 3.68. The summed E-state index contributed by atoms with van der Waals surface area (Å²) in [7, 11) is 5.06. The first-order chi connectivity index (χ1) is 6.02. The number of hydrogen-bond acceptors (Lipinski definition) is 3. The molecule has 0 aromatic carbocycles. The van der Waals surface area contributed by atoms with E-state index >= 15 is 0 Å². The third kappa shape index (κ3) is 2.22. The van der Waals surface area contributed by atoms with Crippen LogP contribution in [-0.4, -0.2) is 18.8 Å². The summed E-state index contributed by atoms with van der Waals surface area (Å²) in [4.78, 5) is 21.5. The number of allylic oxidation sites excluding steroid dienone is 3. The average molecular weight is 195 g/mol. The highest BCUT2D eigenvalue weighted by atomic mass is 35.5. The highest BCUT2D eigenvalue weighted by Gasteiger charge is 2.17. The van der Waals surface area contributed by atoms with Crippen molar-refractivity contribution in [3.63, 3.8) is 0 Å². The Hall–Kier alpha value is -1.03. The van der Waals surface area contributed by atoms with Crippen LogP contribution in [0.5, 0.6) is 0 Å². The van der Waals surface area contributed by atoms with E-state index < -0.39 is 10.9 Å². The molecule has 0 aliphatic heterocycles. The van der Waals surface area contributed by atoms with E-state index in [1.807, 2.05) is 0 Å². The summed E-state index contributed by atoms with van der Waals surface area (Å²) < 4.78 is 0. The summed E-state index contributed by atoms with van der Waals surface area (Å²) >= 11 is 5.25. The van der Waals surface area contributed by atoms with E-state index in [9.17, 15) is 9.59 Å². The molecule has 3 nitrogen and oxygen atoms in total. The number of hydrogen-bond donors (Lipinski definition) is 1. The maximum Gasteiger partial charge on any atom is 0.248 e. The molecule has 0 aromatic heterocycles. The van der Waals surface area contributed by atoms with Crippen LogP contribution in [0, 0.1) is 0 Å². The van der Waals surface area contributed by atoms with E-state index in [-0.39, 0.29) is 12.8 Å². The van der Waals surface area contributed by atoms with E-state index in [1.165, 1.54) is 0 Å². The molecular formula is C8H7BClNO2. The van der Waals surface area contributed by atoms with Gasteiger partial charge in [-0.25, -0.2) is 0 Å². The zero-order chi connectivity index (χ0) is 10.0. The first kappa shape index (κ1) is 10.1. The molecule has 13 heavy (non-hydrogen) atoms. The summed E-state index contributed by atoms with van der Waals surface area (Å²) in [6, 6.07) is 0. The van der Waals surface area contributed by atoms with Crippen molar-refractivity contribution in [2.75, 3.05) is 0 Å². The first-order valence-corrected chi connectivity index (χ1v) is 4.06. The van der Waals surface area contributed by atoms with Gasteiger partial charge < -0.3 is 10.5 Å². The lowest BCUT2D eigenvalue weighted by Crippen LogP contribution is -2.16. The molecule has 0 unspecified atom stereocenters. The monoisotopic (exact) mass is 195 g/mol. The highest BCUT2D eigenvalue weighted by molar-refractivity contribution is 6.67. The molecule has 0 spiro atoms. The maximum atomic E-state index is 10.8. The fourth-order valence-corrected chi connectivity index (χ4v) is 1.29. The number of nitrogens with two attached hydrogens (primary N) is 1. The van der Waals surface area contributed by atoms with Crippen LogP contribution < -0.4 is 5.73 Å². The minimum Gasteiger partial charge on any atom is -0.401 e. The molecule has 2 radical (unpaired) electrons. The molecule has 0 fully saturated rings. The second-order valence-electron chi connectivity index (χ2n) is 2.75. The molecule has 0 aromatic rings. The van der Waals surface area contributed by atoms with Gasteiger partial charge in [-0.3, -0.25) is 4.79 Å². The van der Waals surface area contributed by atoms with E-state index in [1.54, 1.807) is 6.08 Å². The Balaban J connectivity index is 2.85. The van der Waals surface area contributed by atoms with Gasteiger partial charge in [-0.1, -0.05) is 6.08 Å². The van der Waals surface area contributed by atoms with Crippen LogP contribution in [0.25, 0.3) is 0 Å². The van der Waals surface area contributed by atoms with Crippen LogP contribution in [0.2, 0.25) is 0 Å². The van der Waals surface area contributed by atoms with Crippen molar-refractivity contribution >= 4 is 30.4 Å². The van der Waals surface area contributed by atoms with Crippen LogP contribution in [0.3, 0.4) is 0 Å². The molecule has 2 N–H and O–H groups in total. The Labute approximate surface area is 82.0 Å². The zero-order valence-corrected chi connectivity index (χ0v) is 7.60. The minimum absolute atomic E-state index is 0.209. The van der Waals surface area contributed by atoms with Gasteiger partial charge in [-0.15, -0.1) is 0 Å². The second-order valence-corrected chi connectivity index (χ2v) is 3.10. The molecule has 66 valence electrons. The molecule has 0 saturated heterocycles. The van der Waals surface area contributed by atoms with Crippen molar-refractivity contribution < 1.29 is 9.59 Å². The van der Waals surface area contributed by atoms with Crippen molar-refractivity contribution in [3.05, 3.63) is 22.9 Å². The molecule has 0 saturated carbocycles. The van der Waals surface area contributed by atoms with E-state index in [0.717, 1.165) is 0 Å². The predicted molar refractivity (Wildman–Crippen MR) is 50.2 cm³/mol. The minimum atomic E-state index is -0.546. The molecule has 1 aliphatic rings. The van der Waals surface area contributed by atoms with Crippen molar-refractivity contribution in [2.24, 2.45) is 5.73 Å². The van der Waals surface area contributed by atoms with Gasteiger partial charge in [0, 0.05) is 23.3 Å². The smallest absolute Gasteiger partial charge is 0.248 e. The van der Waals surface area contributed by atoms with Gasteiger partial charge >= 0.3 is 0 Å². The van der Waals surface area contributed by atoms with E-state index in [0.29, 0.717) is 16.8 Å². The Kier molecular flexibility index (Phi) is 2.93. The number of carbonyl (C=O) groups excluding carboxylic acids is 2. The molecule has 1 aliphatic carbocycles. The summed E-state index contributed by atoms with van der Waals surface area (Å²) in [5, 5.41) is -0.536. The van der Waals surface area contributed by atoms with Crippen LogP contribution >= 0.6 is 11.6 Å². The lowest BCUT2D eigenvalue weighted by molar-refractivity contribution is -0.109. The summed E-state index contributed by atoms with van der Waals surface area (Å²) in [5.74, 6) is 0. The summed E-state index contributed by atoms with van der Waals surface area (Å²) in [6.45, 7) is 0. The normalized spacial score (nSPS) is 16.8. The van der Waals surface area contributed by atoms with Crippen LogP contribution in [0.4, 0.5) is 0 Å². The Morgan fingerprint density at radius 1 is 1.54 bits per heavy atom. The van der Waals surface area contributed by atoms with Gasteiger partial charge in [0.1, 0.15) is 5.68 Å². The van der Waals surface area contributed by atoms with Crippen molar-refractivity contribution in [1.29, 1.82) is 0 Å². The molecule has 5 heteroatoms. The standard InChI is InChI=1S/C8H7BClNO2/c9-7(12)5-2-1-4(8(10)13)3-6(5)11/h1H,2-3,11H2. The molecule has 0 heterocycles. The van der Waals surface area contributed by atoms with Gasteiger partial charge in [0.25, 0.3) is 0 Å². The quantitative estimate of drug-likeness (QED) is 0.512. The van der Waals surface area contributed by atoms with Crippen molar-refractivity contribution in [1.82, 2.24) is 0 Å². The number of rotatable bonds is 2. The Bertz CT molecular complexity index is 333. The molecule has 0 atom stereocenters. The lowest BCUT2D eigenvalue weighted by atomic mass is 9.86.